The molecule has 0 saturated carbocycles. The minimum absolute atomic E-state index is 0.172. The lowest BCUT2D eigenvalue weighted by Gasteiger charge is -1.99. The van der Waals surface area contributed by atoms with E-state index in [0.29, 0.717) is 6.42 Å². The van der Waals surface area contributed by atoms with Gasteiger partial charge in [0.05, 0.1) is 26.2 Å². The van der Waals surface area contributed by atoms with Gasteiger partial charge in [0.15, 0.2) is 0 Å². The second-order valence-electron chi connectivity index (χ2n) is 2.87. The number of nitrogens with zero attached hydrogens (tertiary/aromatic N) is 2. The van der Waals surface area contributed by atoms with Gasteiger partial charge in [0.1, 0.15) is 0 Å². The zero-order chi connectivity index (χ0) is 10.1. The van der Waals surface area contributed by atoms with E-state index in [9.17, 15) is 10.1 Å². The van der Waals surface area contributed by atoms with Crippen molar-refractivity contribution in [1.82, 2.24) is 4.98 Å². The smallest absolute Gasteiger partial charge is 0.258 e. The molecule has 0 unspecified atom stereocenters. The number of benzene rings is 1. The van der Waals surface area contributed by atoms with Crippen molar-refractivity contribution in [2.75, 3.05) is 0 Å². The third-order valence-electron chi connectivity index (χ3n) is 2.13. The fourth-order valence-corrected chi connectivity index (χ4v) is 2.20. The van der Waals surface area contributed by atoms with Crippen LogP contribution >= 0.6 is 11.3 Å². The highest BCUT2D eigenvalue weighted by molar-refractivity contribution is 7.16. The molecule has 0 fully saturated rings. The van der Waals surface area contributed by atoms with Crippen molar-refractivity contribution in [3.8, 4) is 0 Å². The van der Waals surface area contributed by atoms with Crippen LogP contribution in [0.1, 0.15) is 12.5 Å². The lowest BCUT2D eigenvalue weighted by atomic mass is 10.1. The van der Waals surface area contributed by atoms with E-state index >= 15 is 0 Å². The zero-order valence-corrected chi connectivity index (χ0v) is 8.37. The number of nitro groups is 1. The second-order valence-corrected chi connectivity index (χ2v) is 3.76. The molecule has 1 heterocycles. The lowest BCUT2D eigenvalue weighted by molar-refractivity contribution is -0.385. The average molecular weight is 208 g/mol. The molecule has 0 N–H and O–H groups in total. The van der Waals surface area contributed by atoms with Gasteiger partial charge in [-0.2, -0.15) is 0 Å². The van der Waals surface area contributed by atoms with Gasteiger partial charge in [-0.3, -0.25) is 10.1 Å². The molecule has 1 aromatic carbocycles. The molecule has 0 spiro atoms. The van der Waals surface area contributed by atoms with Gasteiger partial charge in [-0.15, -0.1) is 11.3 Å². The first-order valence-corrected chi connectivity index (χ1v) is 5.11. The summed E-state index contributed by atoms with van der Waals surface area (Å²) < 4.78 is 1.01. The fraction of sp³-hybridized carbons (Fsp3) is 0.222. The minimum atomic E-state index is -0.350. The Bertz CT molecular complexity index is 493. The van der Waals surface area contributed by atoms with E-state index in [2.05, 4.69) is 4.98 Å². The number of hydrogen-bond acceptors (Lipinski definition) is 4. The summed E-state index contributed by atoms with van der Waals surface area (Å²) in [5.74, 6) is 0. The van der Waals surface area contributed by atoms with Crippen LogP contribution in [0.2, 0.25) is 0 Å². The predicted molar refractivity (Wildman–Crippen MR) is 55.7 cm³/mol. The van der Waals surface area contributed by atoms with Crippen molar-refractivity contribution in [1.29, 1.82) is 0 Å². The van der Waals surface area contributed by atoms with Crippen molar-refractivity contribution in [2.24, 2.45) is 0 Å². The highest BCUT2D eigenvalue weighted by Crippen LogP contribution is 2.29. The standard InChI is InChI=1S/C9H8N2O2S/c1-2-6-7(11(12)13)3-4-8-9(6)10-5-14-8/h3-5H,2H2,1H3. The molecule has 1 aromatic heterocycles. The normalized spacial score (nSPS) is 10.6. The van der Waals surface area contributed by atoms with E-state index in [-0.39, 0.29) is 10.6 Å². The summed E-state index contributed by atoms with van der Waals surface area (Å²) in [7, 11) is 0. The lowest BCUT2D eigenvalue weighted by Crippen LogP contribution is -1.94. The number of hydrogen-bond donors (Lipinski definition) is 0. The Morgan fingerprint density at radius 1 is 1.57 bits per heavy atom. The van der Waals surface area contributed by atoms with Gasteiger partial charge < -0.3 is 0 Å². The molecular weight excluding hydrogens is 200 g/mol. The van der Waals surface area contributed by atoms with Gasteiger partial charge in [0, 0.05) is 6.07 Å². The van der Waals surface area contributed by atoms with Crippen LogP contribution in [0.15, 0.2) is 17.6 Å². The number of rotatable bonds is 2. The summed E-state index contributed by atoms with van der Waals surface area (Å²) in [5.41, 5.74) is 3.39. The molecule has 2 rings (SSSR count). The summed E-state index contributed by atoms with van der Waals surface area (Å²) in [6.45, 7) is 1.90. The minimum Gasteiger partial charge on any atom is -0.258 e. The summed E-state index contributed by atoms with van der Waals surface area (Å²) in [6.07, 6.45) is 0.636. The molecule has 14 heavy (non-hydrogen) atoms. The first-order chi connectivity index (χ1) is 6.74. The fourth-order valence-electron chi connectivity index (χ4n) is 1.50. The SMILES string of the molecule is CCc1c([N+](=O)[O-])ccc2scnc12. The van der Waals surface area contributed by atoms with Crippen LogP contribution in [0.25, 0.3) is 10.2 Å². The molecule has 2 aromatic rings. The topological polar surface area (TPSA) is 56.0 Å². The molecule has 72 valence electrons. The maximum absolute atomic E-state index is 10.7. The van der Waals surface area contributed by atoms with E-state index in [4.69, 9.17) is 0 Å². The maximum Gasteiger partial charge on any atom is 0.274 e. The molecule has 0 saturated heterocycles. The molecule has 0 amide bonds. The average Bonchev–Trinajstić information content (AvgIpc) is 2.63. The first-order valence-electron chi connectivity index (χ1n) is 4.23. The van der Waals surface area contributed by atoms with E-state index in [0.717, 1.165) is 15.8 Å². The van der Waals surface area contributed by atoms with Crippen LogP contribution in [0.5, 0.6) is 0 Å². The zero-order valence-electron chi connectivity index (χ0n) is 7.56. The third-order valence-corrected chi connectivity index (χ3v) is 2.93. The summed E-state index contributed by atoms with van der Waals surface area (Å²) in [6, 6.07) is 3.31. The van der Waals surface area contributed by atoms with Gasteiger partial charge in [-0.25, -0.2) is 4.98 Å². The molecule has 0 aliphatic heterocycles. The van der Waals surface area contributed by atoms with Gasteiger partial charge >= 0.3 is 0 Å². The Labute approximate surface area is 84.4 Å². The summed E-state index contributed by atoms with van der Waals surface area (Å²) >= 11 is 1.50. The third kappa shape index (κ3) is 1.26. The van der Waals surface area contributed by atoms with Gasteiger partial charge in [0.25, 0.3) is 5.69 Å². The van der Waals surface area contributed by atoms with Gasteiger partial charge in [0.2, 0.25) is 0 Å². The first kappa shape index (κ1) is 9.08. The molecule has 0 aliphatic rings. The van der Waals surface area contributed by atoms with Gasteiger partial charge in [-0.05, 0) is 12.5 Å². The van der Waals surface area contributed by atoms with Crippen LogP contribution < -0.4 is 0 Å². The van der Waals surface area contributed by atoms with Crippen molar-refractivity contribution in [2.45, 2.75) is 13.3 Å². The summed E-state index contributed by atoms with van der Waals surface area (Å²) in [4.78, 5) is 14.5. The van der Waals surface area contributed by atoms with Crippen molar-refractivity contribution in [3.05, 3.63) is 33.3 Å². The molecule has 0 atom stereocenters. The number of fused-ring (bicyclic) bond motifs is 1. The maximum atomic E-state index is 10.7. The monoisotopic (exact) mass is 208 g/mol. The van der Waals surface area contributed by atoms with E-state index in [1.807, 2.05) is 6.92 Å². The molecular formula is C9H8N2O2S. The van der Waals surface area contributed by atoms with Crippen LogP contribution in [-0.4, -0.2) is 9.91 Å². The highest BCUT2D eigenvalue weighted by Gasteiger charge is 2.16. The summed E-state index contributed by atoms with van der Waals surface area (Å²) in [5, 5.41) is 10.7. The second kappa shape index (κ2) is 3.34. The predicted octanol–water partition coefficient (Wildman–Crippen LogP) is 2.77. The van der Waals surface area contributed by atoms with Crippen LogP contribution in [0.3, 0.4) is 0 Å². The highest BCUT2D eigenvalue weighted by atomic mass is 32.1. The Morgan fingerprint density at radius 3 is 3.00 bits per heavy atom. The van der Waals surface area contributed by atoms with Crippen molar-refractivity contribution < 1.29 is 4.92 Å². The number of aromatic nitrogens is 1. The molecule has 0 aliphatic carbocycles. The Morgan fingerprint density at radius 2 is 2.36 bits per heavy atom. The van der Waals surface area contributed by atoms with Crippen molar-refractivity contribution >= 4 is 27.2 Å². The van der Waals surface area contributed by atoms with Crippen molar-refractivity contribution in [3.63, 3.8) is 0 Å². The number of aryl methyl sites for hydroxylation is 1. The Hall–Kier alpha value is -1.49. The quantitative estimate of drug-likeness (QED) is 0.563. The van der Waals surface area contributed by atoms with E-state index in [1.165, 1.54) is 11.3 Å². The van der Waals surface area contributed by atoms with Crippen LogP contribution in [0.4, 0.5) is 5.69 Å². The molecule has 5 heteroatoms. The largest absolute Gasteiger partial charge is 0.274 e. The number of thiazole rings is 1. The Balaban J connectivity index is 2.78. The van der Waals surface area contributed by atoms with Crippen LogP contribution in [-0.2, 0) is 6.42 Å². The van der Waals surface area contributed by atoms with E-state index in [1.54, 1.807) is 17.6 Å². The molecule has 0 bridgehead atoms. The number of nitro benzene ring substituents is 1. The molecule has 0 radical (unpaired) electrons. The van der Waals surface area contributed by atoms with E-state index < -0.39 is 0 Å². The Kier molecular flexibility index (Phi) is 2.17. The van der Waals surface area contributed by atoms with Gasteiger partial charge in [-0.1, -0.05) is 6.92 Å². The molecule has 4 nitrogen and oxygen atoms in total. The van der Waals surface area contributed by atoms with Crippen LogP contribution in [0, 0.1) is 10.1 Å².